The maximum Gasteiger partial charge on any atom is 0.0467 e. The van der Waals surface area contributed by atoms with Crippen LogP contribution in [0.15, 0.2) is 47.4 Å². The van der Waals surface area contributed by atoms with E-state index in [4.69, 9.17) is 5.73 Å². The Kier molecular flexibility index (Phi) is 5.10. The molecule has 0 saturated carbocycles. The predicted molar refractivity (Wildman–Crippen MR) is 90.0 cm³/mol. The van der Waals surface area contributed by atoms with E-state index < -0.39 is 0 Å². The van der Waals surface area contributed by atoms with Gasteiger partial charge in [0.05, 0.1) is 0 Å². The first-order chi connectivity index (χ1) is 9.71. The number of thioether (sulfide) groups is 1. The Morgan fingerprint density at radius 3 is 2.50 bits per heavy atom. The van der Waals surface area contributed by atoms with Crippen LogP contribution in [-0.4, -0.2) is 12.8 Å². The van der Waals surface area contributed by atoms with Gasteiger partial charge in [-0.05, 0) is 49.9 Å². The van der Waals surface area contributed by atoms with Crippen LogP contribution in [0.2, 0.25) is 0 Å². The van der Waals surface area contributed by atoms with E-state index in [1.807, 2.05) is 0 Å². The summed E-state index contributed by atoms with van der Waals surface area (Å²) >= 11 is 1.75. The Labute approximate surface area is 126 Å². The molecule has 0 aromatic heterocycles. The van der Waals surface area contributed by atoms with Crippen molar-refractivity contribution in [3.63, 3.8) is 0 Å². The lowest BCUT2D eigenvalue weighted by Crippen LogP contribution is -2.19. The Morgan fingerprint density at radius 1 is 1.15 bits per heavy atom. The first kappa shape index (κ1) is 14.9. The van der Waals surface area contributed by atoms with E-state index >= 15 is 0 Å². The van der Waals surface area contributed by atoms with Gasteiger partial charge in [-0.25, -0.2) is 0 Å². The van der Waals surface area contributed by atoms with Crippen molar-refractivity contribution in [2.45, 2.75) is 25.3 Å². The molecule has 0 spiro atoms. The zero-order valence-corrected chi connectivity index (χ0v) is 13.2. The van der Waals surface area contributed by atoms with Crippen molar-refractivity contribution >= 4 is 23.1 Å². The highest BCUT2D eigenvalue weighted by molar-refractivity contribution is 7.98. The summed E-state index contributed by atoms with van der Waals surface area (Å²) in [4.78, 5) is 3.59. The number of nitrogens with zero attached hydrogens (tertiary/aromatic N) is 1. The number of anilines is 2. The molecule has 2 aromatic rings. The molecule has 0 bridgehead atoms. The Bertz CT molecular complexity index is 581. The van der Waals surface area contributed by atoms with Crippen LogP contribution in [0.1, 0.15) is 18.1 Å². The summed E-state index contributed by atoms with van der Waals surface area (Å²) in [5.41, 5.74) is 10.9. The predicted octanol–water partition coefficient (Wildman–Crippen LogP) is 4.33. The second-order valence-electron chi connectivity index (χ2n) is 4.75. The normalized spacial score (nSPS) is 10.6. The summed E-state index contributed by atoms with van der Waals surface area (Å²) in [6.07, 6.45) is 2.10. The van der Waals surface area contributed by atoms with Crippen LogP contribution in [0.3, 0.4) is 0 Å². The SMILES string of the molecule is CCN(c1cccc(C)c1)c1cccc(SC)c1CN. The Balaban J connectivity index is 2.52. The summed E-state index contributed by atoms with van der Waals surface area (Å²) in [5.74, 6) is 0. The van der Waals surface area contributed by atoms with Gasteiger partial charge in [-0.15, -0.1) is 11.8 Å². The van der Waals surface area contributed by atoms with Crippen LogP contribution in [0.25, 0.3) is 0 Å². The molecule has 0 radical (unpaired) electrons. The minimum absolute atomic E-state index is 0.564. The zero-order chi connectivity index (χ0) is 14.5. The fourth-order valence-electron chi connectivity index (χ4n) is 2.49. The summed E-state index contributed by atoms with van der Waals surface area (Å²) in [7, 11) is 0. The Hall–Kier alpha value is -1.45. The minimum atomic E-state index is 0.564. The second-order valence-corrected chi connectivity index (χ2v) is 5.59. The summed E-state index contributed by atoms with van der Waals surface area (Å²) in [6, 6.07) is 15.0. The van der Waals surface area contributed by atoms with Gasteiger partial charge in [-0.1, -0.05) is 18.2 Å². The molecule has 0 saturated heterocycles. The third-order valence-electron chi connectivity index (χ3n) is 3.45. The van der Waals surface area contributed by atoms with Gasteiger partial charge in [0.2, 0.25) is 0 Å². The molecule has 106 valence electrons. The number of nitrogens with two attached hydrogens (primary N) is 1. The van der Waals surface area contributed by atoms with Crippen molar-refractivity contribution in [2.75, 3.05) is 17.7 Å². The molecule has 2 nitrogen and oxygen atoms in total. The van der Waals surface area contributed by atoms with Crippen LogP contribution >= 0.6 is 11.8 Å². The standard InChI is InChI=1S/C17H22N2S/c1-4-19(14-8-5-7-13(2)11-14)16-9-6-10-17(20-3)15(16)12-18/h5-11H,4,12,18H2,1-3H3. The largest absolute Gasteiger partial charge is 0.341 e. The third-order valence-corrected chi connectivity index (χ3v) is 4.28. The van der Waals surface area contributed by atoms with Crippen LogP contribution in [0.5, 0.6) is 0 Å². The zero-order valence-electron chi connectivity index (χ0n) is 12.4. The maximum absolute atomic E-state index is 5.99. The number of rotatable bonds is 5. The molecular formula is C17H22N2S. The van der Waals surface area contributed by atoms with Crippen molar-refractivity contribution in [3.8, 4) is 0 Å². The number of benzene rings is 2. The second kappa shape index (κ2) is 6.82. The number of aryl methyl sites for hydroxylation is 1. The molecule has 0 aliphatic rings. The topological polar surface area (TPSA) is 29.3 Å². The van der Waals surface area contributed by atoms with E-state index in [2.05, 4.69) is 67.5 Å². The Morgan fingerprint density at radius 2 is 1.90 bits per heavy atom. The third kappa shape index (κ3) is 3.00. The van der Waals surface area contributed by atoms with E-state index in [0.717, 1.165) is 6.54 Å². The van der Waals surface area contributed by atoms with E-state index in [9.17, 15) is 0 Å². The molecule has 2 aromatic carbocycles. The number of hydrogen-bond acceptors (Lipinski definition) is 3. The highest BCUT2D eigenvalue weighted by Crippen LogP contribution is 2.33. The lowest BCUT2D eigenvalue weighted by molar-refractivity contribution is 0.961. The van der Waals surface area contributed by atoms with Crippen LogP contribution in [0, 0.1) is 6.92 Å². The van der Waals surface area contributed by atoms with Gasteiger partial charge in [0.25, 0.3) is 0 Å². The van der Waals surface area contributed by atoms with E-state index in [1.165, 1.54) is 27.4 Å². The van der Waals surface area contributed by atoms with Gasteiger partial charge in [0.1, 0.15) is 0 Å². The summed E-state index contributed by atoms with van der Waals surface area (Å²) in [5, 5.41) is 0. The fraction of sp³-hybridized carbons (Fsp3) is 0.294. The lowest BCUT2D eigenvalue weighted by Gasteiger charge is -2.27. The van der Waals surface area contributed by atoms with Gasteiger partial charge in [0, 0.05) is 34.9 Å². The van der Waals surface area contributed by atoms with Gasteiger partial charge in [-0.2, -0.15) is 0 Å². The van der Waals surface area contributed by atoms with Crippen molar-refractivity contribution in [1.29, 1.82) is 0 Å². The first-order valence-electron chi connectivity index (χ1n) is 6.91. The molecule has 0 atom stereocenters. The fourth-order valence-corrected chi connectivity index (χ4v) is 3.14. The van der Waals surface area contributed by atoms with Gasteiger partial charge >= 0.3 is 0 Å². The molecule has 0 fully saturated rings. The molecule has 0 heterocycles. The average Bonchev–Trinajstić information content (AvgIpc) is 2.47. The lowest BCUT2D eigenvalue weighted by atomic mass is 10.1. The van der Waals surface area contributed by atoms with Crippen LogP contribution in [-0.2, 0) is 6.54 Å². The molecular weight excluding hydrogens is 264 g/mol. The highest BCUT2D eigenvalue weighted by atomic mass is 32.2. The smallest absolute Gasteiger partial charge is 0.0467 e. The quantitative estimate of drug-likeness (QED) is 0.829. The molecule has 20 heavy (non-hydrogen) atoms. The number of hydrogen-bond donors (Lipinski definition) is 1. The highest BCUT2D eigenvalue weighted by Gasteiger charge is 2.13. The minimum Gasteiger partial charge on any atom is -0.341 e. The monoisotopic (exact) mass is 286 g/mol. The first-order valence-corrected chi connectivity index (χ1v) is 8.13. The van der Waals surface area contributed by atoms with E-state index in [0.29, 0.717) is 6.54 Å². The van der Waals surface area contributed by atoms with Crippen molar-refractivity contribution in [3.05, 3.63) is 53.6 Å². The molecule has 2 N–H and O–H groups in total. The van der Waals surface area contributed by atoms with E-state index in [-0.39, 0.29) is 0 Å². The van der Waals surface area contributed by atoms with Gasteiger partial charge in [-0.3, -0.25) is 0 Å². The molecule has 0 aliphatic carbocycles. The van der Waals surface area contributed by atoms with Gasteiger partial charge < -0.3 is 10.6 Å². The molecule has 0 unspecified atom stereocenters. The average molecular weight is 286 g/mol. The molecule has 0 aliphatic heterocycles. The van der Waals surface area contributed by atoms with Crippen molar-refractivity contribution in [2.24, 2.45) is 5.73 Å². The summed E-state index contributed by atoms with van der Waals surface area (Å²) in [6.45, 7) is 5.79. The molecule has 0 amide bonds. The molecule has 3 heteroatoms. The van der Waals surface area contributed by atoms with Crippen LogP contribution < -0.4 is 10.6 Å². The summed E-state index contributed by atoms with van der Waals surface area (Å²) < 4.78 is 0. The van der Waals surface area contributed by atoms with Crippen LogP contribution in [0.4, 0.5) is 11.4 Å². The maximum atomic E-state index is 5.99. The van der Waals surface area contributed by atoms with Gasteiger partial charge in [0.15, 0.2) is 0 Å². The van der Waals surface area contributed by atoms with Crippen molar-refractivity contribution < 1.29 is 0 Å². The van der Waals surface area contributed by atoms with E-state index in [1.54, 1.807) is 11.8 Å². The molecule has 2 rings (SSSR count). The van der Waals surface area contributed by atoms with Crippen molar-refractivity contribution in [1.82, 2.24) is 0 Å².